The molecule has 4 rings (SSSR count). The Hall–Kier alpha value is -2.82. The minimum absolute atomic E-state index is 0.0567. The van der Waals surface area contributed by atoms with E-state index in [1.807, 2.05) is 23.4 Å². The zero-order chi connectivity index (χ0) is 17.4. The van der Waals surface area contributed by atoms with E-state index in [2.05, 4.69) is 41.6 Å². The number of carbonyl (C=O) groups excluding carboxylic acids is 1. The van der Waals surface area contributed by atoms with Gasteiger partial charge in [-0.25, -0.2) is 4.98 Å². The molecule has 1 amide bonds. The van der Waals surface area contributed by atoms with Gasteiger partial charge >= 0.3 is 0 Å². The van der Waals surface area contributed by atoms with E-state index in [0.29, 0.717) is 24.9 Å². The van der Waals surface area contributed by atoms with E-state index in [-0.39, 0.29) is 11.8 Å². The van der Waals surface area contributed by atoms with Crippen LogP contribution in [0, 0.1) is 0 Å². The summed E-state index contributed by atoms with van der Waals surface area (Å²) >= 11 is 0. The van der Waals surface area contributed by atoms with Crippen molar-refractivity contribution in [3.8, 4) is 0 Å². The first-order valence-corrected chi connectivity index (χ1v) is 8.58. The monoisotopic (exact) mass is 335 g/mol. The zero-order valence-electron chi connectivity index (χ0n) is 14.4. The van der Waals surface area contributed by atoms with Crippen molar-refractivity contribution in [2.45, 2.75) is 32.4 Å². The van der Waals surface area contributed by atoms with Crippen molar-refractivity contribution >= 4 is 5.91 Å². The van der Waals surface area contributed by atoms with Crippen LogP contribution in [0.15, 0.2) is 59.5 Å². The van der Waals surface area contributed by atoms with Crippen molar-refractivity contribution in [3.63, 3.8) is 0 Å². The van der Waals surface area contributed by atoms with Crippen LogP contribution in [0.1, 0.15) is 53.3 Å². The fraction of sp³-hybridized carbons (Fsp3) is 0.300. The molecule has 0 aliphatic carbocycles. The summed E-state index contributed by atoms with van der Waals surface area (Å²) in [6.07, 6.45) is 5.38. The van der Waals surface area contributed by atoms with Crippen LogP contribution in [0.3, 0.4) is 0 Å². The molecule has 0 radical (unpaired) electrons. The predicted molar refractivity (Wildman–Crippen MR) is 94.3 cm³/mol. The standard InChI is InChI=1S/C20H21N3O2/c1-14(2)23-10-9-21-19(23)17-13-22(20(24)18-8-5-11-25-18)12-15-6-3-4-7-16(15)17/h3-11,14,17H,12-13H2,1-2H3/t17-/m0/s1. The number of rotatable bonds is 3. The highest BCUT2D eigenvalue weighted by Crippen LogP contribution is 2.34. The Balaban J connectivity index is 1.75. The highest BCUT2D eigenvalue weighted by Gasteiger charge is 2.32. The highest BCUT2D eigenvalue weighted by molar-refractivity contribution is 5.91. The van der Waals surface area contributed by atoms with Gasteiger partial charge in [0, 0.05) is 31.5 Å². The van der Waals surface area contributed by atoms with Crippen LogP contribution < -0.4 is 0 Å². The number of imidazole rings is 1. The fourth-order valence-corrected chi connectivity index (χ4v) is 3.57. The first-order valence-electron chi connectivity index (χ1n) is 8.58. The van der Waals surface area contributed by atoms with E-state index in [9.17, 15) is 4.79 Å². The number of amides is 1. The molecule has 3 heterocycles. The largest absolute Gasteiger partial charge is 0.459 e. The van der Waals surface area contributed by atoms with Crippen LogP contribution >= 0.6 is 0 Å². The van der Waals surface area contributed by atoms with Crippen molar-refractivity contribution in [1.29, 1.82) is 0 Å². The smallest absolute Gasteiger partial charge is 0.289 e. The molecule has 5 nitrogen and oxygen atoms in total. The molecule has 2 aromatic heterocycles. The zero-order valence-corrected chi connectivity index (χ0v) is 14.4. The van der Waals surface area contributed by atoms with E-state index >= 15 is 0 Å². The minimum Gasteiger partial charge on any atom is -0.459 e. The Bertz CT molecular complexity index is 880. The van der Waals surface area contributed by atoms with E-state index in [0.717, 1.165) is 11.4 Å². The van der Waals surface area contributed by atoms with Gasteiger partial charge in [-0.15, -0.1) is 0 Å². The lowest BCUT2D eigenvalue weighted by Gasteiger charge is -2.34. The number of nitrogens with zero attached hydrogens (tertiary/aromatic N) is 3. The number of hydrogen-bond donors (Lipinski definition) is 0. The molecule has 0 bridgehead atoms. The number of benzene rings is 1. The van der Waals surface area contributed by atoms with Gasteiger partial charge in [0.1, 0.15) is 5.82 Å². The van der Waals surface area contributed by atoms with Gasteiger partial charge in [0.15, 0.2) is 5.76 Å². The molecule has 1 aliphatic rings. The van der Waals surface area contributed by atoms with E-state index in [1.54, 1.807) is 12.1 Å². The third kappa shape index (κ3) is 2.76. The minimum atomic E-state index is -0.0767. The van der Waals surface area contributed by atoms with Gasteiger partial charge in [0.25, 0.3) is 5.91 Å². The summed E-state index contributed by atoms with van der Waals surface area (Å²) in [5.74, 6) is 1.36. The number of aromatic nitrogens is 2. The third-order valence-electron chi connectivity index (χ3n) is 4.78. The number of fused-ring (bicyclic) bond motifs is 1. The van der Waals surface area contributed by atoms with E-state index in [4.69, 9.17) is 4.42 Å². The van der Waals surface area contributed by atoms with Gasteiger partial charge in [-0.2, -0.15) is 0 Å². The summed E-state index contributed by atoms with van der Waals surface area (Å²) in [5, 5.41) is 0. The topological polar surface area (TPSA) is 51.3 Å². The molecule has 0 unspecified atom stereocenters. The number of furan rings is 1. The van der Waals surface area contributed by atoms with Gasteiger partial charge in [-0.3, -0.25) is 4.79 Å². The van der Waals surface area contributed by atoms with Crippen molar-refractivity contribution in [2.24, 2.45) is 0 Å². The lowest BCUT2D eigenvalue weighted by molar-refractivity contribution is 0.0690. The molecule has 1 aromatic carbocycles. The molecule has 1 aliphatic heterocycles. The Morgan fingerprint density at radius 1 is 1.24 bits per heavy atom. The molecule has 128 valence electrons. The van der Waals surface area contributed by atoms with Crippen LogP contribution in [0.2, 0.25) is 0 Å². The molecule has 0 fully saturated rings. The van der Waals surface area contributed by atoms with Gasteiger partial charge in [-0.05, 0) is 37.1 Å². The van der Waals surface area contributed by atoms with E-state index < -0.39 is 0 Å². The second-order valence-electron chi connectivity index (χ2n) is 6.70. The van der Waals surface area contributed by atoms with Gasteiger partial charge in [0.2, 0.25) is 0 Å². The normalized spacial score (nSPS) is 16.9. The molecule has 0 spiro atoms. The highest BCUT2D eigenvalue weighted by atomic mass is 16.3. The van der Waals surface area contributed by atoms with Gasteiger partial charge in [-0.1, -0.05) is 24.3 Å². The first-order chi connectivity index (χ1) is 12.1. The average molecular weight is 335 g/mol. The second kappa shape index (κ2) is 6.24. The number of hydrogen-bond acceptors (Lipinski definition) is 3. The summed E-state index contributed by atoms with van der Waals surface area (Å²) in [6.45, 7) is 5.48. The van der Waals surface area contributed by atoms with Crippen molar-refractivity contribution in [3.05, 3.63) is 77.8 Å². The maximum Gasteiger partial charge on any atom is 0.289 e. The summed E-state index contributed by atoms with van der Waals surface area (Å²) < 4.78 is 7.50. The molecule has 3 aromatic rings. The molecule has 5 heteroatoms. The quantitative estimate of drug-likeness (QED) is 0.730. The summed E-state index contributed by atoms with van der Waals surface area (Å²) in [5.41, 5.74) is 2.41. The third-order valence-corrected chi connectivity index (χ3v) is 4.78. The van der Waals surface area contributed by atoms with Crippen LogP contribution in [0.4, 0.5) is 0 Å². The average Bonchev–Trinajstić information content (AvgIpc) is 3.31. The predicted octanol–water partition coefficient (Wildman–Crippen LogP) is 3.84. The first kappa shape index (κ1) is 15.7. The number of carbonyl (C=O) groups is 1. The van der Waals surface area contributed by atoms with Crippen molar-refractivity contribution in [2.75, 3.05) is 6.54 Å². The van der Waals surface area contributed by atoms with Gasteiger partial charge in [0.05, 0.1) is 12.2 Å². The Kier molecular flexibility index (Phi) is 3.92. The molecule has 0 saturated heterocycles. The Labute approximate surface area is 146 Å². The molecular formula is C20H21N3O2. The molecular weight excluding hydrogens is 314 g/mol. The maximum atomic E-state index is 12.8. The SMILES string of the molecule is CC(C)n1ccnc1[C@H]1CN(C(=O)c2ccco2)Cc2ccccc21. The molecule has 0 saturated carbocycles. The summed E-state index contributed by atoms with van der Waals surface area (Å²) in [7, 11) is 0. The van der Waals surface area contributed by atoms with Crippen molar-refractivity contribution in [1.82, 2.24) is 14.5 Å². The van der Waals surface area contributed by atoms with Crippen LogP contribution in [-0.4, -0.2) is 26.9 Å². The maximum absolute atomic E-state index is 12.8. The lowest BCUT2D eigenvalue weighted by Crippen LogP contribution is -2.39. The molecule has 0 N–H and O–H groups in total. The molecule has 25 heavy (non-hydrogen) atoms. The van der Waals surface area contributed by atoms with Crippen LogP contribution in [-0.2, 0) is 6.54 Å². The van der Waals surface area contributed by atoms with E-state index in [1.165, 1.54) is 11.8 Å². The molecule has 1 atom stereocenters. The van der Waals surface area contributed by atoms with Crippen LogP contribution in [0.25, 0.3) is 0 Å². The Morgan fingerprint density at radius 2 is 2.08 bits per heavy atom. The lowest BCUT2D eigenvalue weighted by atomic mass is 9.88. The van der Waals surface area contributed by atoms with Crippen molar-refractivity contribution < 1.29 is 9.21 Å². The van der Waals surface area contributed by atoms with Crippen LogP contribution in [0.5, 0.6) is 0 Å². The Morgan fingerprint density at radius 3 is 2.84 bits per heavy atom. The summed E-state index contributed by atoms with van der Waals surface area (Å²) in [4.78, 5) is 19.3. The fourth-order valence-electron chi connectivity index (χ4n) is 3.57. The summed E-state index contributed by atoms with van der Waals surface area (Å²) in [6, 6.07) is 12.1. The van der Waals surface area contributed by atoms with Gasteiger partial charge < -0.3 is 13.9 Å². The second-order valence-corrected chi connectivity index (χ2v) is 6.70.